The van der Waals surface area contributed by atoms with E-state index in [0.717, 1.165) is 0 Å². The Hall–Kier alpha value is -3.46. The van der Waals surface area contributed by atoms with Crippen LogP contribution in [0.1, 0.15) is 16.8 Å². The zero-order valence-corrected chi connectivity index (χ0v) is 16.2. The van der Waals surface area contributed by atoms with Crippen LogP contribution in [0.25, 0.3) is 16.6 Å². The number of imidazole rings is 1. The zero-order chi connectivity index (χ0) is 21.6. The van der Waals surface area contributed by atoms with Crippen molar-refractivity contribution in [3.8, 4) is 5.88 Å². The van der Waals surface area contributed by atoms with Crippen LogP contribution >= 0.6 is 0 Å². The molecule has 1 fully saturated rings. The molecule has 9 heteroatoms. The molecule has 6 nitrogen and oxygen atoms in total. The van der Waals surface area contributed by atoms with E-state index in [1.807, 2.05) is 0 Å². The normalized spacial score (nSPS) is 20.7. The third-order valence-electron chi connectivity index (χ3n) is 5.52. The summed E-state index contributed by atoms with van der Waals surface area (Å²) in [6.45, 7) is -0.354. The number of carbonyl (C=O) groups is 1. The van der Waals surface area contributed by atoms with Gasteiger partial charge in [-0.05, 0) is 36.4 Å². The van der Waals surface area contributed by atoms with E-state index in [0.29, 0.717) is 10.9 Å². The molecule has 1 N–H and O–H groups in total. The minimum Gasteiger partial charge on any atom is -0.455 e. The summed E-state index contributed by atoms with van der Waals surface area (Å²) in [5.74, 6) is -4.94. The molecule has 1 aliphatic heterocycles. The summed E-state index contributed by atoms with van der Waals surface area (Å²) in [6.07, 6.45) is 4.21. The number of halogens is 3. The second kappa shape index (κ2) is 7.05. The molecule has 4 heterocycles. The molecule has 4 aromatic rings. The summed E-state index contributed by atoms with van der Waals surface area (Å²) >= 11 is 0. The Bertz CT molecular complexity index is 1310. The van der Waals surface area contributed by atoms with Crippen LogP contribution in [0.5, 0.6) is 5.88 Å². The minimum absolute atomic E-state index is 0.0266. The molecule has 3 aromatic heterocycles. The van der Waals surface area contributed by atoms with Gasteiger partial charge in [-0.2, -0.15) is 0 Å². The molecule has 0 radical (unpaired) electrons. The highest BCUT2D eigenvalue weighted by atomic mass is 19.3. The van der Waals surface area contributed by atoms with Crippen LogP contribution in [0.2, 0.25) is 0 Å². The van der Waals surface area contributed by atoms with E-state index in [9.17, 15) is 9.18 Å². The molecule has 0 bridgehead atoms. The number of piperidine rings is 1. The number of ether oxygens (including phenoxy) is 1. The van der Waals surface area contributed by atoms with Gasteiger partial charge in [-0.25, -0.2) is 23.1 Å². The van der Waals surface area contributed by atoms with Crippen LogP contribution in [0.4, 0.5) is 13.2 Å². The summed E-state index contributed by atoms with van der Waals surface area (Å²) in [7, 11) is 0. The second-order valence-corrected chi connectivity index (χ2v) is 7.46. The highest BCUT2D eigenvalue weighted by Crippen LogP contribution is 2.40. The van der Waals surface area contributed by atoms with Crippen molar-refractivity contribution in [2.24, 2.45) is 0 Å². The Kier molecular flexibility index (Phi) is 4.44. The molecule has 31 heavy (non-hydrogen) atoms. The highest BCUT2D eigenvalue weighted by molar-refractivity contribution is 6.08. The van der Waals surface area contributed by atoms with Crippen LogP contribution in [-0.2, 0) is 0 Å². The molecule has 0 amide bonds. The first kappa shape index (κ1) is 19.5. The molecule has 0 saturated carbocycles. The SMILES string of the molecule is O=C(c1cccn2ccnc12)[C@@]1(Oc2ccc3cc(F)ccc3n2)CNCCC1(F)F. The molecule has 1 aromatic carbocycles. The number of fused-ring (bicyclic) bond motifs is 2. The van der Waals surface area contributed by atoms with Crippen LogP contribution < -0.4 is 10.1 Å². The van der Waals surface area contributed by atoms with E-state index in [1.165, 1.54) is 42.6 Å². The molecule has 1 atom stereocenters. The molecular formula is C22H17F3N4O2. The Morgan fingerprint density at radius 2 is 2.03 bits per heavy atom. The van der Waals surface area contributed by atoms with Crippen LogP contribution in [0, 0.1) is 5.82 Å². The summed E-state index contributed by atoms with van der Waals surface area (Å²) in [5, 5.41) is 3.35. The lowest BCUT2D eigenvalue weighted by Crippen LogP contribution is -2.67. The van der Waals surface area contributed by atoms with E-state index >= 15 is 8.78 Å². The van der Waals surface area contributed by atoms with Gasteiger partial charge in [0.05, 0.1) is 11.1 Å². The van der Waals surface area contributed by atoms with Gasteiger partial charge in [0.25, 0.3) is 5.92 Å². The summed E-state index contributed by atoms with van der Waals surface area (Å²) in [4.78, 5) is 22.0. The van der Waals surface area contributed by atoms with E-state index in [4.69, 9.17) is 4.74 Å². The summed E-state index contributed by atoms with van der Waals surface area (Å²) < 4.78 is 51.5. The average molecular weight is 426 g/mol. The van der Waals surface area contributed by atoms with Crippen LogP contribution in [-0.4, -0.2) is 44.8 Å². The van der Waals surface area contributed by atoms with Crippen molar-refractivity contribution in [1.82, 2.24) is 19.7 Å². The number of nitrogens with zero attached hydrogens (tertiary/aromatic N) is 3. The van der Waals surface area contributed by atoms with Crippen molar-refractivity contribution >= 4 is 22.3 Å². The number of rotatable bonds is 4. The lowest BCUT2D eigenvalue weighted by Gasteiger charge is -2.42. The maximum Gasteiger partial charge on any atom is 0.296 e. The number of benzene rings is 1. The van der Waals surface area contributed by atoms with Crippen LogP contribution in [0.15, 0.2) is 61.1 Å². The molecule has 1 aliphatic rings. The highest BCUT2D eigenvalue weighted by Gasteiger charge is 2.63. The minimum atomic E-state index is -3.46. The second-order valence-electron chi connectivity index (χ2n) is 7.46. The smallest absolute Gasteiger partial charge is 0.296 e. The topological polar surface area (TPSA) is 68.5 Å². The van der Waals surface area contributed by atoms with Gasteiger partial charge in [0.1, 0.15) is 11.5 Å². The Morgan fingerprint density at radius 1 is 1.16 bits per heavy atom. The molecular weight excluding hydrogens is 409 g/mol. The third-order valence-corrected chi connectivity index (χ3v) is 5.52. The monoisotopic (exact) mass is 426 g/mol. The first-order chi connectivity index (χ1) is 14.9. The fraction of sp³-hybridized carbons (Fsp3) is 0.227. The van der Waals surface area contributed by atoms with Crippen molar-refractivity contribution in [3.63, 3.8) is 0 Å². The van der Waals surface area contributed by atoms with Crippen molar-refractivity contribution in [2.45, 2.75) is 17.9 Å². The van der Waals surface area contributed by atoms with Gasteiger partial charge < -0.3 is 14.5 Å². The Balaban J connectivity index is 1.63. The number of pyridine rings is 2. The number of aromatic nitrogens is 3. The van der Waals surface area contributed by atoms with E-state index in [-0.39, 0.29) is 23.6 Å². The van der Waals surface area contributed by atoms with Gasteiger partial charge in [0.15, 0.2) is 0 Å². The summed E-state index contributed by atoms with van der Waals surface area (Å²) in [5.41, 5.74) is -1.86. The van der Waals surface area contributed by atoms with Gasteiger partial charge >= 0.3 is 0 Å². The fourth-order valence-electron chi connectivity index (χ4n) is 3.90. The van der Waals surface area contributed by atoms with E-state index < -0.39 is 36.1 Å². The summed E-state index contributed by atoms with van der Waals surface area (Å²) in [6, 6.07) is 9.84. The van der Waals surface area contributed by atoms with Crippen molar-refractivity contribution in [1.29, 1.82) is 0 Å². The average Bonchev–Trinajstić information content (AvgIpc) is 3.24. The lowest BCUT2D eigenvalue weighted by molar-refractivity contribution is -0.155. The largest absolute Gasteiger partial charge is 0.455 e. The quantitative estimate of drug-likeness (QED) is 0.505. The van der Waals surface area contributed by atoms with Crippen molar-refractivity contribution < 1.29 is 22.7 Å². The van der Waals surface area contributed by atoms with E-state index in [1.54, 1.807) is 22.9 Å². The maximum absolute atomic E-state index is 15.3. The Labute approximate surface area is 174 Å². The molecule has 0 spiro atoms. The number of alkyl halides is 2. The molecule has 0 aliphatic carbocycles. The van der Waals surface area contributed by atoms with Crippen LogP contribution in [0.3, 0.4) is 0 Å². The predicted octanol–water partition coefficient (Wildman–Crippen LogP) is 3.65. The number of carbonyl (C=O) groups excluding carboxylic acids is 1. The molecule has 5 rings (SSSR count). The maximum atomic E-state index is 15.3. The zero-order valence-electron chi connectivity index (χ0n) is 16.2. The molecule has 0 unspecified atom stereocenters. The number of ketones is 1. The van der Waals surface area contributed by atoms with Gasteiger partial charge in [-0.1, -0.05) is 0 Å². The number of hydrogen-bond acceptors (Lipinski definition) is 5. The van der Waals surface area contributed by atoms with E-state index in [2.05, 4.69) is 15.3 Å². The number of nitrogens with one attached hydrogen (secondary N) is 1. The first-order valence-electron chi connectivity index (χ1n) is 9.70. The number of hydrogen-bond donors (Lipinski definition) is 1. The number of Topliss-reactive ketones (excluding diaryl/α,β-unsaturated/α-hetero) is 1. The van der Waals surface area contributed by atoms with Crippen molar-refractivity contribution in [3.05, 3.63) is 72.4 Å². The predicted molar refractivity (Wildman–Crippen MR) is 107 cm³/mol. The van der Waals surface area contributed by atoms with Crippen molar-refractivity contribution in [2.75, 3.05) is 13.1 Å². The fourth-order valence-corrected chi connectivity index (χ4v) is 3.90. The van der Waals surface area contributed by atoms with Gasteiger partial charge in [0.2, 0.25) is 17.3 Å². The lowest BCUT2D eigenvalue weighted by atomic mass is 9.82. The standard InChI is InChI=1S/C22H17F3N4O2/c23-15-4-5-17-14(12-15)3-6-18(28-17)31-21(13-26-8-7-22(21,24)25)19(30)16-2-1-10-29-11-9-27-20(16)29/h1-6,9-12,26H,7-8,13H2/t21-/m0/s1. The van der Waals surface area contributed by atoms with Gasteiger partial charge in [-0.3, -0.25) is 4.79 Å². The first-order valence-corrected chi connectivity index (χ1v) is 9.70. The molecule has 1 saturated heterocycles. The Morgan fingerprint density at radius 3 is 2.87 bits per heavy atom. The molecule has 158 valence electrons. The van der Waals surface area contributed by atoms with Gasteiger partial charge in [0, 0.05) is 49.6 Å². The van der Waals surface area contributed by atoms with Gasteiger partial charge in [-0.15, -0.1) is 0 Å². The third kappa shape index (κ3) is 3.12.